The van der Waals surface area contributed by atoms with E-state index in [9.17, 15) is 4.79 Å². The summed E-state index contributed by atoms with van der Waals surface area (Å²) in [4.78, 5) is 12.9. The molecule has 2 radical (unpaired) electrons. The quantitative estimate of drug-likeness (QED) is 0.239. The van der Waals surface area contributed by atoms with E-state index in [2.05, 4.69) is 34.6 Å². The lowest BCUT2D eigenvalue weighted by molar-refractivity contribution is -0.139. The van der Waals surface area contributed by atoms with Gasteiger partial charge in [-0.3, -0.25) is 4.79 Å². The summed E-state index contributed by atoms with van der Waals surface area (Å²) >= 11 is 0. The van der Waals surface area contributed by atoms with Gasteiger partial charge >= 0.3 is 0 Å². The Balaban J connectivity index is 5.11. The van der Waals surface area contributed by atoms with Crippen LogP contribution < -0.4 is 0 Å². The molecule has 1 unspecified atom stereocenters. The van der Waals surface area contributed by atoms with Crippen molar-refractivity contribution in [3.63, 3.8) is 0 Å². The summed E-state index contributed by atoms with van der Waals surface area (Å²) in [7, 11) is -1.77. The van der Waals surface area contributed by atoms with Gasteiger partial charge in [-0.05, 0) is 37.0 Å². The maximum absolute atomic E-state index is 12.9. The zero-order valence-electron chi connectivity index (χ0n) is 18.7. The SMILES string of the molecule is CCCCC[Si](CCCCC)(OC(=O)C(C)C[Si]OC(C)C)C(C)(C)C. The van der Waals surface area contributed by atoms with Crippen LogP contribution in [0.15, 0.2) is 0 Å². The van der Waals surface area contributed by atoms with Crippen LogP contribution in [0.4, 0.5) is 0 Å². The Labute approximate surface area is 167 Å². The van der Waals surface area contributed by atoms with Gasteiger partial charge in [0.05, 0.1) is 5.92 Å². The maximum atomic E-state index is 12.9. The van der Waals surface area contributed by atoms with E-state index in [0.29, 0.717) is 9.76 Å². The second-order valence-electron chi connectivity index (χ2n) is 9.00. The van der Waals surface area contributed by atoms with Crippen molar-refractivity contribution in [2.45, 2.75) is 123 Å². The van der Waals surface area contributed by atoms with Gasteiger partial charge in [-0.25, -0.2) is 0 Å². The Morgan fingerprint density at radius 2 is 1.46 bits per heavy atom. The van der Waals surface area contributed by atoms with Crippen molar-refractivity contribution < 1.29 is 13.6 Å². The molecule has 0 heterocycles. The minimum absolute atomic E-state index is 0.0134. The van der Waals surface area contributed by atoms with E-state index in [1.165, 1.54) is 38.5 Å². The fourth-order valence-electron chi connectivity index (χ4n) is 3.17. The Morgan fingerprint density at radius 1 is 0.962 bits per heavy atom. The first-order valence-corrected chi connectivity index (χ1v) is 14.1. The van der Waals surface area contributed by atoms with Crippen LogP contribution in [0.2, 0.25) is 23.2 Å². The molecule has 0 aromatic heterocycles. The van der Waals surface area contributed by atoms with E-state index in [-0.39, 0.29) is 23.0 Å². The molecule has 3 nitrogen and oxygen atoms in total. The zero-order valence-corrected chi connectivity index (χ0v) is 20.7. The molecule has 0 saturated carbocycles. The molecule has 26 heavy (non-hydrogen) atoms. The van der Waals surface area contributed by atoms with Crippen molar-refractivity contribution in [2.75, 3.05) is 0 Å². The number of hydrogen-bond acceptors (Lipinski definition) is 3. The lowest BCUT2D eigenvalue weighted by Gasteiger charge is -2.42. The first-order valence-electron chi connectivity index (χ1n) is 10.7. The Morgan fingerprint density at radius 3 is 1.85 bits per heavy atom. The van der Waals surface area contributed by atoms with Crippen LogP contribution in [0.3, 0.4) is 0 Å². The van der Waals surface area contributed by atoms with Gasteiger partial charge in [-0.2, -0.15) is 0 Å². The molecular formula is C21H44O3Si2. The summed E-state index contributed by atoms with van der Waals surface area (Å²) in [5.41, 5.74) is 0. The highest BCUT2D eigenvalue weighted by molar-refractivity contribution is 6.78. The summed E-state index contributed by atoms with van der Waals surface area (Å²) in [5, 5.41) is 0.0839. The Kier molecular flexibility index (Phi) is 13.0. The van der Waals surface area contributed by atoms with Gasteiger partial charge in [0, 0.05) is 6.10 Å². The summed E-state index contributed by atoms with van der Waals surface area (Å²) < 4.78 is 12.1. The van der Waals surface area contributed by atoms with E-state index in [0.717, 1.165) is 18.1 Å². The third kappa shape index (κ3) is 9.70. The second kappa shape index (κ2) is 13.1. The molecule has 154 valence electrons. The fraction of sp³-hybridized carbons (Fsp3) is 0.952. The van der Waals surface area contributed by atoms with Crippen LogP contribution in [0.1, 0.15) is 93.9 Å². The van der Waals surface area contributed by atoms with E-state index < -0.39 is 8.32 Å². The smallest absolute Gasteiger partial charge is 0.295 e. The van der Waals surface area contributed by atoms with Crippen LogP contribution in [0, 0.1) is 5.92 Å². The molecule has 0 aromatic carbocycles. The summed E-state index contributed by atoms with van der Waals surface area (Å²) in [5.74, 6) is -0.0573. The topological polar surface area (TPSA) is 35.5 Å². The van der Waals surface area contributed by atoms with Crippen LogP contribution >= 0.6 is 0 Å². The lowest BCUT2D eigenvalue weighted by atomic mass is 10.2. The van der Waals surface area contributed by atoms with Gasteiger partial charge in [-0.1, -0.05) is 80.1 Å². The van der Waals surface area contributed by atoms with Crippen LogP contribution in [0.5, 0.6) is 0 Å². The van der Waals surface area contributed by atoms with Crippen molar-refractivity contribution in [3.05, 3.63) is 0 Å². The lowest BCUT2D eigenvalue weighted by Crippen LogP contribution is -2.49. The van der Waals surface area contributed by atoms with E-state index in [1.807, 2.05) is 20.8 Å². The minimum Gasteiger partial charge on any atom is -0.518 e. The van der Waals surface area contributed by atoms with Crippen LogP contribution in [-0.2, 0) is 13.6 Å². The molecular weight excluding hydrogens is 356 g/mol. The molecule has 0 bridgehead atoms. The standard InChI is InChI=1S/C21H44O3Si2/c1-9-11-13-15-26(21(6,7)8,16-14-12-10-2)24-20(22)19(5)17-25-23-18(3)4/h18-19H,9-17H2,1-8H3. The highest BCUT2D eigenvalue weighted by Crippen LogP contribution is 2.45. The van der Waals surface area contributed by atoms with E-state index in [1.54, 1.807) is 0 Å². The Bertz CT molecular complexity index is 368. The first-order chi connectivity index (χ1) is 12.1. The molecule has 0 fully saturated rings. The van der Waals surface area contributed by atoms with Gasteiger partial charge in [0.25, 0.3) is 14.3 Å². The van der Waals surface area contributed by atoms with Crippen LogP contribution in [-0.4, -0.2) is 30.2 Å². The molecule has 0 aromatic rings. The molecule has 0 aliphatic rings. The van der Waals surface area contributed by atoms with Crippen molar-refractivity contribution in [3.8, 4) is 0 Å². The molecule has 0 aliphatic heterocycles. The van der Waals surface area contributed by atoms with Gasteiger partial charge in [0.1, 0.15) is 0 Å². The molecule has 0 amide bonds. The summed E-state index contributed by atoms with van der Waals surface area (Å²) in [6.45, 7) is 17.4. The average molecular weight is 401 g/mol. The summed E-state index contributed by atoms with van der Waals surface area (Å²) in [6, 6.07) is 2.99. The number of hydrogen-bond donors (Lipinski definition) is 0. The molecule has 0 spiro atoms. The number of carbonyl (C=O) groups is 1. The minimum atomic E-state index is -2.15. The zero-order chi connectivity index (χ0) is 20.2. The van der Waals surface area contributed by atoms with Crippen molar-refractivity contribution in [1.82, 2.24) is 0 Å². The highest BCUT2D eigenvalue weighted by atomic mass is 28.4. The maximum Gasteiger partial charge on any atom is 0.295 e. The van der Waals surface area contributed by atoms with Crippen molar-refractivity contribution in [2.24, 2.45) is 5.92 Å². The normalized spacial score (nSPS) is 13.9. The number of carbonyl (C=O) groups excluding carboxylic acids is 1. The molecule has 0 N–H and O–H groups in total. The number of rotatable bonds is 14. The highest BCUT2D eigenvalue weighted by Gasteiger charge is 2.48. The largest absolute Gasteiger partial charge is 0.518 e. The predicted molar refractivity (Wildman–Crippen MR) is 116 cm³/mol. The van der Waals surface area contributed by atoms with Crippen LogP contribution in [0.25, 0.3) is 0 Å². The van der Waals surface area contributed by atoms with Crippen molar-refractivity contribution in [1.29, 1.82) is 0 Å². The first kappa shape index (κ1) is 25.9. The molecule has 0 saturated heterocycles. The Hall–Kier alpha value is -0.136. The monoisotopic (exact) mass is 400 g/mol. The van der Waals surface area contributed by atoms with Crippen molar-refractivity contribution >= 4 is 24.0 Å². The molecule has 0 aliphatic carbocycles. The predicted octanol–water partition coefficient (Wildman–Crippen LogP) is 6.75. The van der Waals surface area contributed by atoms with Gasteiger partial charge in [-0.15, -0.1) is 0 Å². The van der Waals surface area contributed by atoms with Gasteiger partial charge in [0.15, 0.2) is 0 Å². The van der Waals surface area contributed by atoms with Gasteiger partial charge < -0.3 is 8.85 Å². The molecule has 1 atom stereocenters. The van der Waals surface area contributed by atoms with E-state index in [4.69, 9.17) is 8.85 Å². The third-order valence-corrected chi connectivity index (χ3v) is 12.2. The fourth-order valence-corrected chi connectivity index (χ4v) is 8.50. The second-order valence-corrected chi connectivity index (χ2v) is 14.6. The molecule has 0 rings (SSSR count). The third-order valence-electron chi connectivity index (χ3n) is 5.14. The van der Waals surface area contributed by atoms with Gasteiger partial charge in [0.2, 0.25) is 9.76 Å². The molecule has 5 heteroatoms. The van der Waals surface area contributed by atoms with E-state index >= 15 is 0 Å². The summed E-state index contributed by atoms with van der Waals surface area (Å²) in [6.07, 6.45) is 7.48. The number of unbranched alkanes of at least 4 members (excludes halogenated alkanes) is 4. The average Bonchev–Trinajstić information content (AvgIpc) is 2.53.